The van der Waals surface area contributed by atoms with E-state index in [0.29, 0.717) is 19.1 Å². The molecule has 0 saturated heterocycles. The highest BCUT2D eigenvalue weighted by molar-refractivity contribution is 5.72. The first kappa shape index (κ1) is 29.1. The van der Waals surface area contributed by atoms with Gasteiger partial charge in [0.2, 0.25) is 0 Å². The maximum atomic E-state index is 11.4. The van der Waals surface area contributed by atoms with Crippen LogP contribution < -0.4 is 0 Å². The van der Waals surface area contributed by atoms with Gasteiger partial charge in [-0.25, -0.2) is 0 Å². The van der Waals surface area contributed by atoms with Crippen molar-refractivity contribution in [1.82, 2.24) is 4.90 Å². The minimum atomic E-state index is -0.0683. The number of unbranched alkanes of at least 4 members (excludes halogenated alkanes) is 1. The van der Waals surface area contributed by atoms with E-state index in [1.54, 1.807) is 0 Å². The number of carbonyl (C=O) groups is 2. The highest BCUT2D eigenvalue weighted by Crippen LogP contribution is 2.14. The molecule has 0 rings (SSSR count). The maximum Gasteiger partial charge on any atom is 0.308 e. The molecule has 0 heterocycles. The number of hydrogen-bond acceptors (Lipinski definition) is 5. The number of carbonyl (C=O) groups excluding carboxylic acids is 2. The standard InChI is InChI=1S/C13H26O2.C10H21NO2/c1-5-8-9-12(7-3)10-15-13(14)11(4)6-2;1-5-9(2)10(12)13-8-6-7-11(3)4/h11-12H,5-10H2,1-4H3;9H,5-8H2,1-4H3. The van der Waals surface area contributed by atoms with Crippen LogP contribution in [-0.4, -0.2) is 50.7 Å². The van der Waals surface area contributed by atoms with E-state index in [9.17, 15) is 9.59 Å². The first-order valence-corrected chi connectivity index (χ1v) is 11.2. The quantitative estimate of drug-likeness (QED) is 0.291. The lowest BCUT2D eigenvalue weighted by atomic mass is 10.0. The van der Waals surface area contributed by atoms with Gasteiger partial charge in [0.05, 0.1) is 25.0 Å². The zero-order chi connectivity index (χ0) is 21.9. The summed E-state index contributed by atoms with van der Waals surface area (Å²) < 4.78 is 10.4. The average Bonchev–Trinajstić information content (AvgIpc) is 2.69. The van der Waals surface area contributed by atoms with E-state index in [1.165, 1.54) is 19.3 Å². The fraction of sp³-hybridized carbons (Fsp3) is 0.913. The minimum absolute atomic E-state index is 0.0348. The Hall–Kier alpha value is -1.10. The van der Waals surface area contributed by atoms with Gasteiger partial charge in [-0.15, -0.1) is 0 Å². The summed E-state index contributed by atoms with van der Waals surface area (Å²) in [6.07, 6.45) is 7.37. The van der Waals surface area contributed by atoms with E-state index < -0.39 is 0 Å². The third kappa shape index (κ3) is 17.0. The molecule has 3 unspecified atom stereocenters. The fourth-order valence-corrected chi connectivity index (χ4v) is 2.27. The molecule has 168 valence electrons. The number of ether oxygens (including phenoxy) is 2. The number of esters is 2. The number of hydrogen-bond donors (Lipinski definition) is 0. The van der Waals surface area contributed by atoms with Gasteiger partial charge in [-0.2, -0.15) is 0 Å². The molecule has 3 atom stereocenters. The molecular weight excluding hydrogens is 354 g/mol. The molecule has 0 amide bonds. The smallest absolute Gasteiger partial charge is 0.308 e. The van der Waals surface area contributed by atoms with Crippen molar-refractivity contribution < 1.29 is 19.1 Å². The van der Waals surface area contributed by atoms with Gasteiger partial charge in [-0.3, -0.25) is 9.59 Å². The monoisotopic (exact) mass is 401 g/mol. The van der Waals surface area contributed by atoms with E-state index >= 15 is 0 Å². The van der Waals surface area contributed by atoms with Gasteiger partial charge in [-0.1, -0.05) is 60.8 Å². The third-order valence-electron chi connectivity index (χ3n) is 5.03. The summed E-state index contributed by atoms with van der Waals surface area (Å²) in [5.74, 6) is 0.541. The van der Waals surface area contributed by atoms with Gasteiger partial charge in [0.1, 0.15) is 0 Å². The van der Waals surface area contributed by atoms with Crippen LogP contribution in [0, 0.1) is 17.8 Å². The summed E-state index contributed by atoms with van der Waals surface area (Å²) in [5, 5.41) is 0. The van der Waals surface area contributed by atoms with Gasteiger partial charge >= 0.3 is 11.9 Å². The molecule has 28 heavy (non-hydrogen) atoms. The molecule has 0 N–H and O–H groups in total. The van der Waals surface area contributed by atoms with Crippen LogP contribution in [0.2, 0.25) is 0 Å². The van der Waals surface area contributed by atoms with Crippen LogP contribution in [0.5, 0.6) is 0 Å². The van der Waals surface area contributed by atoms with Gasteiger partial charge in [-0.05, 0) is 45.7 Å². The molecule has 5 nitrogen and oxygen atoms in total. The average molecular weight is 402 g/mol. The first-order valence-electron chi connectivity index (χ1n) is 11.2. The van der Waals surface area contributed by atoms with Crippen LogP contribution in [0.25, 0.3) is 0 Å². The molecular formula is C23H47NO4. The number of nitrogens with zero attached hydrogens (tertiary/aromatic N) is 1. The first-order chi connectivity index (χ1) is 13.2. The lowest BCUT2D eigenvalue weighted by Gasteiger charge is -2.16. The second-order valence-electron chi connectivity index (χ2n) is 7.99. The van der Waals surface area contributed by atoms with Crippen molar-refractivity contribution in [3.63, 3.8) is 0 Å². The molecule has 0 saturated carbocycles. The van der Waals surface area contributed by atoms with E-state index in [0.717, 1.165) is 32.2 Å². The zero-order valence-corrected chi connectivity index (χ0v) is 19.9. The molecule has 0 aromatic carbocycles. The van der Waals surface area contributed by atoms with Gasteiger partial charge in [0.25, 0.3) is 0 Å². The van der Waals surface area contributed by atoms with Crippen LogP contribution in [0.4, 0.5) is 0 Å². The Balaban J connectivity index is 0. The normalized spacial score (nSPS) is 13.9. The molecule has 0 aliphatic heterocycles. The second-order valence-corrected chi connectivity index (χ2v) is 7.99. The van der Waals surface area contributed by atoms with Crippen LogP contribution in [0.15, 0.2) is 0 Å². The lowest BCUT2D eigenvalue weighted by Crippen LogP contribution is -2.18. The molecule has 0 bridgehead atoms. The third-order valence-corrected chi connectivity index (χ3v) is 5.03. The van der Waals surface area contributed by atoms with Crippen molar-refractivity contribution in [1.29, 1.82) is 0 Å². The zero-order valence-electron chi connectivity index (χ0n) is 19.9. The Morgan fingerprint density at radius 2 is 1.36 bits per heavy atom. The Morgan fingerprint density at radius 1 is 0.821 bits per heavy atom. The highest BCUT2D eigenvalue weighted by Gasteiger charge is 2.14. The molecule has 0 aliphatic carbocycles. The van der Waals surface area contributed by atoms with Crippen LogP contribution in [-0.2, 0) is 19.1 Å². The van der Waals surface area contributed by atoms with Crippen molar-refractivity contribution in [2.45, 2.75) is 86.5 Å². The summed E-state index contributed by atoms with van der Waals surface area (Å²) in [6, 6.07) is 0. The minimum Gasteiger partial charge on any atom is -0.465 e. The van der Waals surface area contributed by atoms with Gasteiger partial charge in [0, 0.05) is 6.54 Å². The molecule has 0 radical (unpaired) electrons. The van der Waals surface area contributed by atoms with Crippen molar-refractivity contribution in [2.75, 3.05) is 33.9 Å². The SMILES string of the molecule is CCC(C)C(=O)OCCCN(C)C.CCCCC(CC)COC(=O)C(C)CC. The van der Waals surface area contributed by atoms with Crippen LogP contribution in [0.3, 0.4) is 0 Å². The molecule has 0 spiro atoms. The largest absolute Gasteiger partial charge is 0.465 e. The maximum absolute atomic E-state index is 11.4. The van der Waals surface area contributed by atoms with E-state index in [1.807, 2.05) is 41.8 Å². The summed E-state index contributed by atoms with van der Waals surface area (Å²) in [6.45, 7) is 14.3. The number of rotatable bonds is 14. The lowest BCUT2D eigenvalue weighted by molar-refractivity contribution is -0.150. The molecule has 0 aliphatic rings. The van der Waals surface area contributed by atoms with Crippen molar-refractivity contribution in [3.05, 3.63) is 0 Å². The van der Waals surface area contributed by atoms with E-state index in [2.05, 4.69) is 18.7 Å². The van der Waals surface area contributed by atoms with Crippen molar-refractivity contribution in [2.24, 2.45) is 17.8 Å². The van der Waals surface area contributed by atoms with Gasteiger partial charge < -0.3 is 14.4 Å². The Morgan fingerprint density at radius 3 is 1.79 bits per heavy atom. The summed E-state index contributed by atoms with van der Waals surface area (Å²) in [4.78, 5) is 24.7. The van der Waals surface area contributed by atoms with Crippen LogP contribution in [0.1, 0.15) is 86.5 Å². The predicted octanol–water partition coefficient (Wildman–Crippen LogP) is 5.32. The summed E-state index contributed by atoms with van der Waals surface area (Å²) in [7, 11) is 4.02. The highest BCUT2D eigenvalue weighted by atomic mass is 16.5. The Kier molecular flexibility index (Phi) is 20.0. The Bertz CT molecular complexity index is 385. The van der Waals surface area contributed by atoms with Crippen molar-refractivity contribution >= 4 is 11.9 Å². The van der Waals surface area contributed by atoms with Crippen LogP contribution >= 0.6 is 0 Å². The summed E-state index contributed by atoms with van der Waals surface area (Å²) >= 11 is 0. The fourth-order valence-electron chi connectivity index (χ4n) is 2.27. The molecule has 0 fully saturated rings. The Labute approximate surface area is 174 Å². The van der Waals surface area contributed by atoms with Gasteiger partial charge in [0.15, 0.2) is 0 Å². The van der Waals surface area contributed by atoms with E-state index in [-0.39, 0.29) is 23.8 Å². The van der Waals surface area contributed by atoms with E-state index in [4.69, 9.17) is 9.47 Å². The summed E-state index contributed by atoms with van der Waals surface area (Å²) in [5.41, 5.74) is 0. The molecule has 0 aromatic rings. The predicted molar refractivity (Wildman–Crippen MR) is 117 cm³/mol. The second kappa shape index (κ2) is 19.2. The van der Waals surface area contributed by atoms with Crippen molar-refractivity contribution in [3.8, 4) is 0 Å². The molecule has 5 heteroatoms. The topological polar surface area (TPSA) is 55.8 Å². The molecule has 0 aromatic heterocycles.